The maximum atomic E-state index is 3.26. The Morgan fingerprint density at radius 2 is 2.25 bits per heavy atom. The molecule has 0 bridgehead atoms. The summed E-state index contributed by atoms with van der Waals surface area (Å²) in [5, 5.41) is 3.26. The number of allylic oxidation sites excluding steroid dienone is 5. The maximum Gasteiger partial charge on any atom is 0.0450 e. The van der Waals surface area contributed by atoms with E-state index in [1.165, 1.54) is 24.1 Å². The molecule has 3 heteroatoms. The van der Waals surface area contributed by atoms with Crippen LogP contribution in [-0.2, 0) is 0 Å². The lowest BCUT2D eigenvalue weighted by atomic mass is 9.96. The summed E-state index contributed by atoms with van der Waals surface area (Å²) in [6, 6.07) is 0.579. The number of likely N-dealkylation sites (N-methyl/N-ethyl adjacent to an activating group) is 1. The molecule has 1 heterocycles. The number of nitrogens with one attached hydrogen (secondary N) is 1. The molecule has 2 unspecified atom stereocenters. The van der Waals surface area contributed by atoms with Gasteiger partial charge in [0, 0.05) is 18.3 Å². The highest BCUT2D eigenvalue weighted by atomic mass is 31.0. The number of nitrogens with zero attached hydrogens (tertiary/aromatic N) is 1. The minimum absolute atomic E-state index is 0.579. The van der Waals surface area contributed by atoms with E-state index < -0.39 is 0 Å². The van der Waals surface area contributed by atoms with Gasteiger partial charge < -0.3 is 9.99 Å². The predicted molar refractivity (Wildman–Crippen MR) is 75.2 cm³/mol. The molecule has 1 aliphatic rings. The van der Waals surface area contributed by atoms with Crippen molar-refractivity contribution in [3.8, 4) is 0 Å². The molecule has 0 saturated carbocycles. The first-order valence-corrected chi connectivity index (χ1v) is 6.43. The van der Waals surface area contributed by atoms with Crippen molar-refractivity contribution < 1.29 is 0 Å². The van der Waals surface area contributed by atoms with E-state index in [1.54, 1.807) is 0 Å². The molecule has 0 radical (unpaired) electrons. The van der Waals surface area contributed by atoms with Crippen LogP contribution in [0.25, 0.3) is 0 Å². The molecular weight excluding hydrogens is 215 g/mol. The number of rotatable bonds is 3. The van der Waals surface area contributed by atoms with Crippen LogP contribution in [0.2, 0.25) is 0 Å². The zero-order valence-corrected chi connectivity index (χ0v) is 11.7. The van der Waals surface area contributed by atoms with Crippen LogP contribution in [0.5, 0.6) is 0 Å². The normalized spacial score (nSPS) is 27.2. The lowest BCUT2D eigenvalue weighted by Crippen LogP contribution is -2.38. The van der Waals surface area contributed by atoms with E-state index >= 15 is 0 Å². The van der Waals surface area contributed by atoms with Crippen molar-refractivity contribution in [2.24, 2.45) is 0 Å². The van der Waals surface area contributed by atoms with Crippen molar-refractivity contribution in [2.75, 3.05) is 13.6 Å². The van der Waals surface area contributed by atoms with Crippen LogP contribution >= 0.6 is 9.39 Å². The Kier molecular flexibility index (Phi) is 5.79. The summed E-state index contributed by atoms with van der Waals surface area (Å²) in [7, 11) is 4.87. The molecular formula is C13H23N2P. The number of piperidine rings is 1. The summed E-state index contributed by atoms with van der Waals surface area (Å²) in [6.07, 6.45) is 11.0. The van der Waals surface area contributed by atoms with E-state index in [-0.39, 0.29) is 0 Å². The summed E-state index contributed by atoms with van der Waals surface area (Å²) in [5.41, 5.74) is 2.78. The highest BCUT2D eigenvalue weighted by Crippen LogP contribution is 2.33. The molecule has 0 aromatic carbocycles. The van der Waals surface area contributed by atoms with Gasteiger partial charge in [-0.3, -0.25) is 0 Å². The van der Waals surface area contributed by atoms with Crippen LogP contribution < -0.4 is 5.32 Å². The van der Waals surface area contributed by atoms with Gasteiger partial charge in [0.25, 0.3) is 0 Å². The molecule has 0 amide bonds. The van der Waals surface area contributed by atoms with Crippen LogP contribution in [0.1, 0.15) is 26.7 Å². The summed E-state index contributed by atoms with van der Waals surface area (Å²) in [5.74, 6) is 0. The molecule has 16 heavy (non-hydrogen) atoms. The smallest absolute Gasteiger partial charge is 0.0450 e. The molecule has 90 valence electrons. The summed E-state index contributed by atoms with van der Waals surface area (Å²) in [4.78, 5) is 0. The van der Waals surface area contributed by atoms with Crippen LogP contribution in [-0.4, -0.2) is 24.3 Å². The van der Waals surface area contributed by atoms with Gasteiger partial charge >= 0.3 is 0 Å². The molecule has 0 spiro atoms. The van der Waals surface area contributed by atoms with Gasteiger partial charge in [0.15, 0.2) is 0 Å². The second-order valence-electron chi connectivity index (χ2n) is 4.05. The highest BCUT2D eigenvalue weighted by molar-refractivity contribution is 7.13. The molecule has 1 aliphatic heterocycles. The Morgan fingerprint density at radius 3 is 2.81 bits per heavy atom. The molecule has 0 aromatic heterocycles. The minimum Gasteiger partial charge on any atom is -0.352 e. The zero-order chi connectivity index (χ0) is 12.0. The van der Waals surface area contributed by atoms with Crippen molar-refractivity contribution in [3.63, 3.8) is 0 Å². The third kappa shape index (κ3) is 3.20. The van der Waals surface area contributed by atoms with Gasteiger partial charge in [-0.1, -0.05) is 18.2 Å². The molecule has 2 atom stereocenters. The van der Waals surface area contributed by atoms with Crippen molar-refractivity contribution in [2.45, 2.75) is 32.7 Å². The SMILES string of the molecule is C\C=C/C=C1\C(=C/C)CCC(CNC)N1P. The topological polar surface area (TPSA) is 15.3 Å². The first-order valence-electron chi connectivity index (χ1n) is 5.91. The summed E-state index contributed by atoms with van der Waals surface area (Å²) >= 11 is 0. The Bertz CT molecular complexity index is 305. The molecule has 1 N–H and O–H groups in total. The standard InChI is InChI=1S/C13H23N2P/c1-4-6-7-13-11(5-2)8-9-12(10-14-3)15(13)16/h4-7,12,14H,8-10,16H2,1-3H3/b6-4-,11-5-,13-7+. The Morgan fingerprint density at radius 1 is 1.50 bits per heavy atom. The van der Waals surface area contributed by atoms with E-state index in [0.29, 0.717) is 6.04 Å². The van der Waals surface area contributed by atoms with Crippen molar-refractivity contribution in [1.29, 1.82) is 0 Å². The van der Waals surface area contributed by atoms with E-state index in [1.807, 2.05) is 14.0 Å². The molecule has 1 fully saturated rings. The summed E-state index contributed by atoms with van der Waals surface area (Å²) < 4.78 is 2.31. The molecule has 1 saturated heterocycles. The fourth-order valence-corrected chi connectivity index (χ4v) is 2.57. The van der Waals surface area contributed by atoms with Gasteiger partial charge in [0.05, 0.1) is 0 Å². The minimum atomic E-state index is 0.579. The van der Waals surface area contributed by atoms with E-state index in [4.69, 9.17) is 0 Å². The van der Waals surface area contributed by atoms with Gasteiger partial charge in [0.1, 0.15) is 0 Å². The number of hydrogen-bond donors (Lipinski definition) is 1. The average molecular weight is 238 g/mol. The molecule has 1 rings (SSSR count). The monoisotopic (exact) mass is 238 g/mol. The summed E-state index contributed by atoms with van der Waals surface area (Å²) in [6.45, 7) is 5.21. The van der Waals surface area contributed by atoms with Gasteiger partial charge in [0.2, 0.25) is 0 Å². The third-order valence-electron chi connectivity index (χ3n) is 2.98. The first kappa shape index (κ1) is 13.5. The fourth-order valence-electron chi connectivity index (χ4n) is 2.06. The quantitative estimate of drug-likeness (QED) is 0.761. The maximum absolute atomic E-state index is 3.26. The van der Waals surface area contributed by atoms with Gasteiger partial charge in [-0.15, -0.1) is 0 Å². The second-order valence-corrected chi connectivity index (χ2v) is 4.61. The number of hydrogen-bond acceptors (Lipinski definition) is 2. The van der Waals surface area contributed by atoms with Crippen molar-refractivity contribution in [1.82, 2.24) is 9.99 Å². The lowest BCUT2D eigenvalue weighted by molar-refractivity contribution is 0.353. The Balaban J connectivity index is 2.88. The Hall–Kier alpha value is -0.590. The molecule has 0 aliphatic carbocycles. The van der Waals surface area contributed by atoms with Crippen molar-refractivity contribution >= 4 is 9.39 Å². The Labute approximate surface area is 102 Å². The zero-order valence-electron chi connectivity index (χ0n) is 10.5. The molecule has 2 nitrogen and oxygen atoms in total. The molecule has 0 aromatic rings. The third-order valence-corrected chi connectivity index (χ3v) is 3.68. The second kappa shape index (κ2) is 6.88. The van der Waals surface area contributed by atoms with Crippen LogP contribution in [0.3, 0.4) is 0 Å². The van der Waals surface area contributed by atoms with E-state index in [2.05, 4.69) is 50.6 Å². The van der Waals surface area contributed by atoms with Crippen LogP contribution in [0.15, 0.2) is 35.6 Å². The lowest BCUT2D eigenvalue weighted by Gasteiger charge is -2.37. The van der Waals surface area contributed by atoms with Crippen LogP contribution in [0, 0.1) is 0 Å². The van der Waals surface area contributed by atoms with Gasteiger partial charge in [-0.25, -0.2) is 0 Å². The average Bonchev–Trinajstić information content (AvgIpc) is 2.30. The van der Waals surface area contributed by atoms with E-state index in [9.17, 15) is 0 Å². The first-order chi connectivity index (χ1) is 7.74. The fraction of sp³-hybridized carbons (Fsp3) is 0.538. The van der Waals surface area contributed by atoms with Gasteiger partial charge in [-0.05, 0) is 54.8 Å². The van der Waals surface area contributed by atoms with E-state index in [0.717, 1.165) is 6.54 Å². The highest BCUT2D eigenvalue weighted by Gasteiger charge is 2.24. The predicted octanol–water partition coefficient (Wildman–Crippen LogP) is 2.87. The van der Waals surface area contributed by atoms with Gasteiger partial charge in [-0.2, -0.15) is 0 Å². The van der Waals surface area contributed by atoms with Crippen LogP contribution in [0.4, 0.5) is 0 Å². The van der Waals surface area contributed by atoms with Crippen molar-refractivity contribution in [3.05, 3.63) is 35.6 Å². The largest absolute Gasteiger partial charge is 0.352 e.